The van der Waals surface area contributed by atoms with E-state index in [1.165, 1.54) is 4.88 Å². The minimum absolute atomic E-state index is 0.0486. The van der Waals surface area contributed by atoms with E-state index in [1.54, 1.807) is 23.9 Å². The van der Waals surface area contributed by atoms with Gasteiger partial charge in [0, 0.05) is 43.3 Å². The number of fused-ring (bicyclic) bond motifs is 2. The van der Waals surface area contributed by atoms with E-state index >= 15 is 0 Å². The fraction of sp³-hybridized carbons (Fsp3) is 0.500. The van der Waals surface area contributed by atoms with Gasteiger partial charge in [0.15, 0.2) is 5.82 Å². The Morgan fingerprint density at radius 3 is 2.85 bits per heavy atom. The number of hydrogen-bond donors (Lipinski definition) is 2. The van der Waals surface area contributed by atoms with Crippen LogP contribution in [-0.4, -0.2) is 66.3 Å². The second kappa shape index (κ2) is 10.1. The SMILES string of the molecule is CCCc1cc2c(N3CCn4c(nnc4C(F)(F)F)C3)nc(N3CCC(NC(=O)Cc4c[nH]cn4)C3)nc2s1. The summed E-state index contributed by atoms with van der Waals surface area (Å²) in [6, 6.07) is 2.04. The van der Waals surface area contributed by atoms with Gasteiger partial charge in [-0.2, -0.15) is 18.2 Å². The van der Waals surface area contributed by atoms with Crippen molar-refractivity contribution in [2.75, 3.05) is 29.4 Å². The number of H-pyrrole nitrogens is 1. The molecule has 15 heteroatoms. The Morgan fingerprint density at radius 2 is 2.08 bits per heavy atom. The molecule has 11 nitrogen and oxygen atoms in total. The van der Waals surface area contributed by atoms with Gasteiger partial charge in [-0.05, 0) is 18.9 Å². The number of hydrogen-bond acceptors (Lipinski definition) is 9. The number of aromatic amines is 1. The number of thiophene rings is 1. The lowest BCUT2D eigenvalue weighted by Gasteiger charge is -2.30. The minimum Gasteiger partial charge on any atom is -0.351 e. The van der Waals surface area contributed by atoms with Gasteiger partial charge >= 0.3 is 6.18 Å². The Labute approximate surface area is 225 Å². The van der Waals surface area contributed by atoms with Gasteiger partial charge in [0.25, 0.3) is 0 Å². The van der Waals surface area contributed by atoms with Gasteiger partial charge < -0.3 is 24.7 Å². The first-order chi connectivity index (χ1) is 18.8. The molecule has 1 fully saturated rings. The van der Waals surface area contributed by atoms with Crippen LogP contribution in [0.5, 0.6) is 0 Å². The summed E-state index contributed by atoms with van der Waals surface area (Å²) in [5, 5.41) is 11.2. The average molecular weight is 561 g/mol. The summed E-state index contributed by atoms with van der Waals surface area (Å²) in [6.45, 7) is 3.97. The number of carbonyl (C=O) groups is 1. The molecule has 0 radical (unpaired) electrons. The number of nitrogens with zero attached hydrogens (tertiary/aromatic N) is 8. The number of rotatable bonds is 7. The third kappa shape index (κ3) is 5.14. The second-order valence-electron chi connectivity index (χ2n) is 9.78. The molecule has 1 saturated heterocycles. The molecule has 2 aliphatic rings. The molecule has 4 aromatic rings. The lowest BCUT2D eigenvalue weighted by molar-refractivity contribution is -0.147. The number of amides is 1. The van der Waals surface area contributed by atoms with E-state index in [0.717, 1.165) is 34.0 Å². The molecule has 6 heterocycles. The number of nitrogens with one attached hydrogen (secondary N) is 2. The van der Waals surface area contributed by atoms with Crippen molar-refractivity contribution in [1.82, 2.24) is 40.0 Å². The fourth-order valence-corrected chi connectivity index (χ4v) is 6.25. The topological polar surface area (TPSA) is 121 Å². The highest BCUT2D eigenvalue weighted by molar-refractivity contribution is 7.18. The number of aryl methyl sites for hydroxylation is 1. The Bertz CT molecular complexity index is 1480. The van der Waals surface area contributed by atoms with Crippen molar-refractivity contribution in [3.63, 3.8) is 0 Å². The maximum Gasteiger partial charge on any atom is 0.451 e. The minimum atomic E-state index is -4.55. The number of carbonyl (C=O) groups excluding carboxylic acids is 1. The van der Waals surface area contributed by atoms with Crippen molar-refractivity contribution >= 4 is 39.2 Å². The molecule has 0 aliphatic carbocycles. The quantitative estimate of drug-likeness (QED) is 0.354. The zero-order valence-corrected chi connectivity index (χ0v) is 22.0. The summed E-state index contributed by atoms with van der Waals surface area (Å²) >= 11 is 1.61. The Balaban J connectivity index is 1.25. The smallest absolute Gasteiger partial charge is 0.351 e. The lowest BCUT2D eigenvalue weighted by Crippen LogP contribution is -2.38. The third-order valence-corrected chi connectivity index (χ3v) is 8.04. The van der Waals surface area contributed by atoms with Gasteiger partial charge in [0.2, 0.25) is 17.7 Å². The van der Waals surface area contributed by atoms with Gasteiger partial charge in [-0.25, -0.2) is 9.97 Å². The third-order valence-electron chi connectivity index (χ3n) is 6.95. The van der Waals surface area contributed by atoms with Crippen molar-refractivity contribution in [1.29, 1.82) is 0 Å². The van der Waals surface area contributed by atoms with Crippen LogP contribution in [0.25, 0.3) is 10.2 Å². The molecular weight excluding hydrogens is 533 g/mol. The van der Waals surface area contributed by atoms with Crippen molar-refractivity contribution in [2.24, 2.45) is 0 Å². The van der Waals surface area contributed by atoms with Crippen LogP contribution in [-0.2, 0) is 36.9 Å². The Kier molecular flexibility index (Phi) is 6.61. The van der Waals surface area contributed by atoms with Gasteiger partial charge in [-0.15, -0.1) is 21.5 Å². The van der Waals surface area contributed by atoms with Crippen LogP contribution in [0, 0.1) is 0 Å². The molecule has 206 valence electrons. The molecule has 2 aliphatic heterocycles. The van der Waals surface area contributed by atoms with E-state index < -0.39 is 12.0 Å². The molecule has 39 heavy (non-hydrogen) atoms. The first kappa shape index (κ1) is 25.5. The van der Waals surface area contributed by atoms with Crippen molar-refractivity contribution in [3.8, 4) is 0 Å². The second-order valence-corrected chi connectivity index (χ2v) is 10.9. The van der Waals surface area contributed by atoms with Crippen molar-refractivity contribution < 1.29 is 18.0 Å². The van der Waals surface area contributed by atoms with Crippen molar-refractivity contribution in [3.05, 3.63) is 40.8 Å². The summed E-state index contributed by atoms with van der Waals surface area (Å²) in [7, 11) is 0. The van der Waals surface area contributed by atoms with E-state index in [-0.39, 0.29) is 37.3 Å². The van der Waals surface area contributed by atoms with E-state index in [0.29, 0.717) is 37.1 Å². The molecule has 6 rings (SSSR count). The highest BCUT2D eigenvalue weighted by Gasteiger charge is 2.40. The zero-order valence-electron chi connectivity index (χ0n) is 21.2. The molecule has 4 aromatic heterocycles. The molecule has 1 unspecified atom stereocenters. The average Bonchev–Trinajstić information content (AvgIpc) is 3.69. The summed E-state index contributed by atoms with van der Waals surface area (Å²) in [5.74, 6) is 0.427. The predicted molar refractivity (Wildman–Crippen MR) is 139 cm³/mol. The van der Waals surface area contributed by atoms with Crippen LogP contribution in [0.4, 0.5) is 24.9 Å². The van der Waals surface area contributed by atoms with Crippen molar-refractivity contribution in [2.45, 2.75) is 57.9 Å². The van der Waals surface area contributed by atoms with Crippen LogP contribution >= 0.6 is 11.3 Å². The molecule has 0 aromatic carbocycles. The summed E-state index contributed by atoms with van der Waals surface area (Å²) < 4.78 is 41.2. The number of aromatic nitrogens is 7. The van der Waals surface area contributed by atoms with Gasteiger partial charge in [0.1, 0.15) is 10.6 Å². The first-order valence-corrected chi connectivity index (χ1v) is 13.7. The number of alkyl halides is 3. The van der Waals surface area contributed by atoms with Crippen LogP contribution in [0.3, 0.4) is 0 Å². The highest BCUT2D eigenvalue weighted by Crippen LogP contribution is 2.36. The van der Waals surface area contributed by atoms with E-state index in [4.69, 9.17) is 9.97 Å². The summed E-state index contributed by atoms with van der Waals surface area (Å²) in [5.41, 5.74) is 0.682. The van der Waals surface area contributed by atoms with Crippen LogP contribution in [0.1, 0.15) is 42.0 Å². The van der Waals surface area contributed by atoms with Crippen LogP contribution in [0.2, 0.25) is 0 Å². The molecule has 2 N–H and O–H groups in total. The maximum atomic E-state index is 13.4. The molecule has 1 atom stereocenters. The van der Waals surface area contributed by atoms with Gasteiger partial charge in [-0.1, -0.05) is 13.3 Å². The molecule has 1 amide bonds. The monoisotopic (exact) mass is 560 g/mol. The van der Waals surface area contributed by atoms with E-state index in [9.17, 15) is 18.0 Å². The van der Waals surface area contributed by atoms with Gasteiger partial charge in [0.05, 0.1) is 30.4 Å². The van der Waals surface area contributed by atoms with Gasteiger partial charge in [-0.3, -0.25) is 4.79 Å². The molecule has 0 saturated carbocycles. The molecule has 0 spiro atoms. The normalized spacial score (nSPS) is 17.7. The highest BCUT2D eigenvalue weighted by atomic mass is 32.1. The number of anilines is 2. The largest absolute Gasteiger partial charge is 0.451 e. The summed E-state index contributed by atoms with van der Waals surface area (Å²) in [4.78, 5) is 35.2. The van der Waals surface area contributed by atoms with Crippen LogP contribution in [0.15, 0.2) is 18.6 Å². The predicted octanol–water partition coefficient (Wildman–Crippen LogP) is 2.94. The summed E-state index contributed by atoms with van der Waals surface area (Å²) in [6.07, 6.45) is 1.55. The zero-order chi connectivity index (χ0) is 27.1. The first-order valence-electron chi connectivity index (χ1n) is 12.8. The lowest BCUT2D eigenvalue weighted by atomic mass is 10.2. The molecule has 0 bridgehead atoms. The maximum absolute atomic E-state index is 13.4. The Morgan fingerprint density at radius 1 is 1.21 bits per heavy atom. The molecular formula is C24H27F3N10OS. The van der Waals surface area contributed by atoms with E-state index in [1.807, 2.05) is 4.90 Å². The number of halogens is 3. The number of imidazole rings is 1. The van der Waals surface area contributed by atoms with E-state index in [2.05, 4.69) is 43.4 Å². The Hall–Kier alpha value is -3.75. The van der Waals surface area contributed by atoms with Crippen LogP contribution < -0.4 is 15.1 Å². The fourth-order valence-electron chi connectivity index (χ4n) is 5.14. The standard InChI is InChI=1S/C24H27F3N10OS/c1-2-3-16-9-17-20(35-6-7-37-18(12-35)33-34-22(37)24(25,26)27)31-23(32-21(17)39-16)36-5-4-14(11-36)30-19(38)8-15-10-28-13-29-15/h9-10,13-14H,2-8,11-12H2,1H3,(H,28,29)(H,30,38).